The van der Waals surface area contributed by atoms with Crippen LogP contribution in [0.1, 0.15) is 0 Å². The molecule has 0 N–H and O–H groups in total. The summed E-state index contributed by atoms with van der Waals surface area (Å²) >= 11 is 1.62. The fourth-order valence-electron chi connectivity index (χ4n) is 4.57. The predicted octanol–water partition coefficient (Wildman–Crippen LogP) is 8.24. The third kappa shape index (κ3) is 2.78. The van der Waals surface area contributed by atoms with E-state index in [4.69, 9.17) is 8.83 Å². The van der Waals surface area contributed by atoms with Gasteiger partial charge in [0.25, 0.3) is 0 Å². The largest absolute Gasteiger partial charge is 0.463 e. The van der Waals surface area contributed by atoms with E-state index in [1.54, 1.807) is 23.9 Å². The molecule has 0 amide bonds. The second-order valence-electron chi connectivity index (χ2n) is 8.16. The molecule has 3 heterocycles. The van der Waals surface area contributed by atoms with Crippen LogP contribution in [0.3, 0.4) is 0 Å². The molecule has 0 saturated heterocycles. The van der Waals surface area contributed by atoms with Gasteiger partial charge in [0.15, 0.2) is 5.43 Å². The summed E-state index contributed by atoms with van der Waals surface area (Å²) in [5, 5.41) is 5.58. The molecule has 0 aliphatic rings. The summed E-state index contributed by atoms with van der Waals surface area (Å²) in [6, 6.07) is 28.1. The second-order valence-corrected chi connectivity index (χ2v) is 9.24. The number of benzene rings is 4. The van der Waals surface area contributed by atoms with Gasteiger partial charge in [-0.1, -0.05) is 48.5 Å². The zero-order valence-corrected chi connectivity index (χ0v) is 18.2. The molecule has 0 spiro atoms. The van der Waals surface area contributed by atoms with Crippen LogP contribution in [0.5, 0.6) is 0 Å². The quantitative estimate of drug-likeness (QED) is 0.252. The zero-order chi connectivity index (χ0) is 21.9. The number of rotatable bonds is 2. The van der Waals surface area contributed by atoms with Crippen molar-refractivity contribution in [1.82, 2.24) is 0 Å². The van der Waals surface area contributed by atoms with E-state index >= 15 is 0 Å². The summed E-state index contributed by atoms with van der Waals surface area (Å²) in [6.45, 7) is 0. The van der Waals surface area contributed by atoms with Gasteiger partial charge in [0, 0.05) is 52.8 Å². The smallest absolute Gasteiger partial charge is 0.195 e. The maximum absolute atomic E-state index is 13.6. The maximum Gasteiger partial charge on any atom is 0.195 e. The topological polar surface area (TPSA) is 43.4 Å². The summed E-state index contributed by atoms with van der Waals surface area (Å²) in [5.41, 5.74) is 1.83. The second kappa shape index (κ2) is 6.92. The Balaban J connectivity index is 1.45. The lowest BCUT2D eigenvalue weighted by Gasteiger charge is -2.06. The standard InChI is InChI=1S/C29H16O3S/c30-27-23-13-17(28-21-7-3-1-5-19(21)15-31-28)9-11-25(23)33-26-12-10-18(14-24(26)27)29-22-8-4-2-6-20(22)16-32-29/h1-16H. The van der Waals surface area contributed by atoms with Crippen LogP contribution < -0.4 is 5.43 Å². The van der Waals surface area contributed by atoms with E-state index in [-0.39, 0.29) is 5.43 Å². The highest BCUT2D eigenvalue weighted by Gasteiger charge is 2.14. The average Bonchev–Trinajstić information content (AvgIpc) is 3.49. The van der Waals surface area contributed by atoms with Gasteiger partial charge < -0.3 is 8.83 Å². The van der Waals surface area contributed by atoms with Crippen LogP contribution in [0.4, 0.5) is 0 Å². The van der Waals surface area contributed by atoms with E-state index < -0.39 is 0 Å². The van der Waals surface area contributed by atoms with Crippen molar-refractivity contribution in [3.05, 3.63) is 108 Å². The highest BCUT2D eigenvalue weighted by Crippen LogP contribution is 2.36. The number of furan rings is 2. The van der Waals surface area contributed by atoms with Gasteiger partial charge in [-0.3, -0.25) is 4.79 Å². The number of hydrogen-bond acceptors (Lipinski definition) is 4. The molecule has 3 aromatic heterocycles. The van der Waals surface area contributed by atoms with Gasteiger partial charge in [-0.25, -0.2) is 0 Å². The van der Waals surface area contributed by atoms with Crippen LogP contribution >= 0.6 is 11.3 Å². The lowest BCUT2D eigenvalue weighted by atomic mass is 10.0. The van der Waals surface area contributed by atoms with Gasteiger partial charge in [0.1, 0.15) is 11.5 Å². The molecule has 7 aromatic rings. The molecule has 4 heteroatoms. The highest BCUT2D eigenvalue weighted by atomic mass is 32.1. The summed E-state index contributed by atoms with van der Waals surface area (Å²) < 4.78 is 13.7. The molecule has 0 bridgehead atoms. The van der Waals surface area contributed by atoms with Crippen LogP contribution in [0.15, 0.2) is 111 Å². The van der Waals surface area contributed by atoms with Crippen molar-refractivity contribution in [3.8, 4) is 22.6 Å². The monoisotopic (exact) mass is 444 g/mol. The van der Waals surface area contributed by atoms with Gasteiger partial charge in [-0.05, 0) is 36.4 Å². The molecule has 0 saturated carbocycles. The summed E-state index contributed by atoms with van der Waals surface area (Å²) in [5.74, 6) is 1.57. The van der Waals surface area contributed by atoms with E-state index in [2.05, 4.69) is 0 Å². The lowest BCUT2D eigenvalue weighted by Crippen LogP contribution is -2.01. The third-order valence-corrected chi connectivity index (χ3v) is 7.36. The third-order valence-electron chi connectivity index (χ3n) is 6.21. The Kier molecular flexibility index (Phi) is 3.87. The van der Waals surface area contributed by atoms with E-state index in [0.717, 1.165) is 53.6 Å². The van der Waals surface area contributed by atoms with Gasteiger partial charge in [0.2, 0.25) is 0 Å². The molecule has 0 radical (unpaired) electrons. The predicted molar refractivity (Wildman–Crippen MR) is 136 cm³/mol. The molecule has 0 unspecified atom stereocenters. The Bertz CT molecular complexity index is 1770. The Labute approximate surface area is 192 Å². The zero-order valence-electron chi connectivity index (χ0n) is 17.4. The van der Waals surface area contributed by atoms with Crippen LogP contribution in [0.25, 0.3) is 64.4 Å². The number of hydrogen-bond donors (Lipinski definition) is 0. The molecule has 0 atom stereocenters. The van der Waals surface area contributed by atoms with Crippen molar-refractivity contribution >= 4 is 53.1 Å². The van der Waals surface area contributed by atoms with Crippen molar-refractivity contribution < 1.29 is 8.83 Å². The van der Waals surface area contributed by atoms with Gasteiger partial charge >= 0.3 is 0 Å². The minimum atomic E-state index is 0.0224. The maximum atomic E-state index is 13.6. The Morgan fingerprint density at radius 2 is 1.03 bits per heavy atom. The molecular weight excluding hydrogens is 428 g/mol. The molecule has 4 aromatic carbocycles. The first kappa shape index (κ1) is 18.4. The molecule has 0 aliphatic carbocycles. The first-order chi connectivity index (χ1) is 16.3. The minimum absolute atomic E-state index is 0.0224. The van der Waals surface area contributed by atoms with Crippen molar-refractivity contribution in [1.29, 1.82) is 0 Å². The van der Waals surface area contributed by atoms with Crippen LogP contribution in [-0.2, 0) is 0 Å². The Morgan fingerprint density at radius 1 is 0.545 bits per heavy atom. The summed E-state index contributed by atoms with van der Waals surface area (Å²) in [7, 11) is 0. The van der Waals surface area contributed by atoms with Crippen molar-refractivity contribution in [2.75, 3.05) is 0 Å². The normalized spacial score (nSPS) is 11.8. The molecule has 7 rings (SSSR count). The number of fused-ring (bicyclic) bond motifs is 4. The van der Waals surface area contributed by atoms with E-state index in [1.165, 1.54) is 0 Å². The fourth-order valence-corrected chi connectivity index (χ4v) is 5.60. The van der Waals surface area contributed by atoms with Crippen LogP contribution in [-0.4, -0.2) is 0 Å². The van der Waals surface area contributed by atoms with Crippen molar-refractivity contribution in [3.63, 3.8) is 0 Å². The minimum Gasteiger partial charge on any atom is -0.463 e. The average molecular weight is 445 g/mol. The molecule has 156 valence electrons. The van der Waals surface area contributed by atoms with Gasteiger partial charge in [-0.2, -0.15) is 0 Å². The van der Waals surface area contributed by atoms with Gasteiger partial charge in [0.05, 0.1) is 12.5 Å². The van der Waals surface area contributed by atoms with E-state index in [1.807, 2.05) is 84.9 Å². The van der Waals surface area contributed by atoms with Crippen molar-refractivity contribution in [2.45, 2.75) is 0 Å². The van der Waals surface area contributed by atoms with Crippen molar-refractivity contribution in [2.24, 2.45) is 0 Å². The first-order valence-corrected chi connectivity index (χ1v) is 11.5. The molecular formula is C29H16O3S. The Morgan fingerprint density at radius 3 is 1.55 bits per heavy atom. The summed E-state index contributed by atoms with van der Waals surface area (Å²) in [4.78, 5) is 13.6. The first-order valence-electron chi connectivity index (χ1n) is 10.7. The van der Waals surface area contributed by atoms with Crippen LogP contribution in [0, 0.1) is 0 Å². The summed E-state index contributed by atoms with van der Waals surface area (Å²) in [6.07, 6.45) is 3.52. The fraction of sp³-hybridized carbons (Fsp3) is 0. The van der Waals surface area contributed by atoms with E-state index in [0.29, 0.717) is 10.8 Å². The van der Waals surface area contributed by atoms with Gasteiger partial charge in [-0.15, -0.1) is 11.3 Å². The highest BCUT2D eigenvalue weighted by molar-refractivity contribution is 7.24. The lowest BCUT2D eigenvalue weighted by molar-refractivity contribution is 0.587. The van der Waals surface area contributed by atoms with E-state index in [9.17, 15) is 4.79 Å². The molecule has 33 heavy (non-hydrogen) atoms. The molecule has 0 fully saturated rings. The molecule has 0 aliphatic heterocycles. The van der Waals surface area contributed by atoms with Crippen LogP contribution in [0.2, 0.25) is 0 Å². The SMILES string of the molecule is O=c1c2cc(-c3occ4ccccc34)ccc2sc2ccc(-c3occ4ccccc34)cc12. The molecule has 3 nitrogen and oxygen atoms in total. The Hall–Kier alpha value is -4.15.